The van der Waals surface area contributed by atoms with E-state index in [-0.39, 0.29) is 18.7 Å². The number of rotatable bonds is 2. The average molecular weight is 263 g/mol. The highest BCUT2D eigenvalue weighted by Gasteiger charge is 2.24. The number of anilines is 2. The topological polar surface area (TPSA) is 78.6 Å². The molecule has 1 aromatic rings. The zero-order valence-electron chi connectivity index (χ0n) is 11.0. The third-order valence-electron chi connectivity index (χ3n) is 3.49. The Kier molecular flexibility index (Phi) is 4.63. The number of aliphatic hydroxyl groups is 1. The quantitative estimate of drug-likeness (QED) is 0.714. The molecule has 104 valence electrons. The molecule has 1 heterocycles. The van der Waals surface area contributed by atoms with Gasteiger partial charge in [0, 0.05) is 17.9 Å². The number of amides is 2. The molecule has 5 nitrogen and oxygen atoms in total. The van der Waals surface area contributed by atoms with Crippen LogP contribution in [-0.4, -0.2) is 35.2 Å². The molecule has 1 aliphatic heterocycles. The van der Waals surface area contributed by atoms with Crippen LogP contribution < -0.4 is 11.1 Å². The fourth-order valence-corrected chi connectivity index (χ4v) is 2.45. The molecule has 4 N–H and O–H groups in total. The molecule has 1 saturated heterocycles. The van der Waals surface area contributed by atoms with Gasteiger partial charge in [0.05, 0.1) is 12.6 Å². The fraction of sp³-hybridized carbons (Fsp3) is 0.500. The molecule has 0 bridgehead atoms. The lowest BCUT2D eigenvalue weighted by Gasteiger charge is -2.28. The van der Waals surface area contributed by atoms with E-state index in [4.69, 9.17) is 5.73 Å². The van der Waals surface area contributed by atoms with Crippen molar-refractivity contribution in [3.05, 3.63) is 24.3 Å². The summed E-state index contributed by atoms with van der Waals surface area (Å²) in [5.41, 5.74) is 6.99. The Labute approximate surface area is 113 Å². The number of nitrogens with zero attached hydrogens (tertiary/aromatic N) is 1. The molecule has 19 heavy (non-hydrogen) atoms. The lowest BCUT2D eigenvalue weighted by atomic mass is 10.1. The van der Waals surface area contributed by atoms with E-state index in [1.807, 2.05) is 0 Å². The predicted octanol–water partition coefficient (Wildman–Crippen LogP) is 2.04. The van der Waals surface area contributed by atoms with Crippen LogP contribution in [0.25, 0.3) is 0 Å². The molecule has 0 aliphatic carbocycles. The van der Waals surface area contributed by atoms with Gasteiger partial charge in [-0.3, -0.25) is 0 Å². The molecule has 0 spiro atoms. The molecule has 5 heteroatoms. The molecular formula is C14H21N3O2. The van der Waals surface area contributed by atoms with Gasteiger partial charge in [-0.25, -0.2) is 4.79 Å². The molecule has 0 aromatic heterocycles. The Balaban J connectivity index is 2.04. The molecular weight excluding hydrogens is 242 g/mol. The molecule has 2 amide bonds. The summed E-state index contributed by atoms with van der Waals surface area (Å²) in [4.78, 5) is 14.0. The van der Waals surface area contributed by atoms with Gasteiger partial charge in [0.1, 0.15) is 0 Å². The van der Waals surface area contributed by atoms with Gasteiger partial charge in [0.15, 0.2) is 0 Å². The Morgan fingerprint density at radius 3 is 3.00 bits per heavy atom. The zero-order chi connectivity index (χ0) is 13.7. The number of likely N-dealkylation sites (tertiary alicyclic amines) is 1. The molecule has 1 aromatic carbocycles. The van der Waals surface area contributed by atoms with Crippen LogP contribution >= 0.6 is 0 Å². The lowest BCUT2D eigenvalue weighted by Crippen LogP contribution is -2.44. The summed E-state index contributed by atoms with van der Waals surface area (Å²) in [6.07, 6.45) is 4.02. The molecule has 0 saturated carbocycles. The fourth-order valence-electron chi connectivity index (χ4n) is 2.45. The maximum Gasteiger partial charge on any atom is 0.322 e. The summed E-state index contributed by atoms with van der Waals surface area (Å²) < 4.78 is 0. The third kappa shape index (κ3) is 3.61. The van der Waals surface area contributed by atoms with Crippen LogP contribution in [0, 0.1) is 0 Å². The van der Waals surface area contributed by atoms with Gasteiger partial charge in [-0.15, -0.1) is 0 Å². The first-order valence-electron chi connectivity index (χ1n) is 6.74. The van der Waals surface area contributed by atoms with Gasteiger partial charge in [0.25, 0.3) is 0 Å². The molecule has 2 rings (SSSR count). The molecule has 1 atom stereocenters. The zero-order valence-corrected chi connectivity index (χ0v) is 11.0. The second-order valence-electron chi connectivity index (χ2n) is 4.93. The van der Waals surface area contributed by atoms with E-state index in [0.717, 1.165) is 25.7 Å². The summed E-state index contributed by atoms with van der Waals surface area (Å²) in [5, 5.41) is 12.2. The van der Waals surface area contributed by atoms with Gasteiger partial charge >= 0.3 is 6.03 Å². The molecule has 1 aliphatic rings. The Morgan fingerprint density at radius 1 is 1.42 bits per heavy atom. The van der Waals surface area contributed by atoms with Crippen molar-refractivity contribution in [2.75, 3.05) is 24.2 Å². The largest absolute Gasteiger partial charge is 0.399 e. The summed E-state index contributed by atoms with van der Waals surface area (Å²) in [6, 6.07) is 6.87. The summed E-state index contributed by atoms with van der Waals surface area (Å²) in [5.74, 6) is 0. The van der Waals surface area contributed by atoms with Gasteiger partial charge in [-0.1, -0.05) is 18.9 Å². The van der Waals surface area contributed by atoms with E-state index >= 15 is 0 Å². The minimum absolute atomic E-state index is 0.0182. The monoisotopic (exact) mass is 263 g/mol. The van der Waals surface area contributed by atoms with E-state index in [0.29, 0.717) is 17.9 Å². The van der Waals surface area contributed by atoms with E-state index in [1.165, 1.54) is 0 Å². The van der Waals surface area contributed by atoms with Crippen molar-refractivity contribution >= 4 is 17.4 Å². The second-order valence-corrected chi connectivity index (χ2v) is 4.93. The summed E-state index contributed by atoms with van der Waals surface area (Å²) >= 11 is 0. The highest BCUT2D eigenvalue weighted by molar-refractivity contribution is 5.90. The third-order valence-corrected chi connectivity index (χ3v) is 3.49. The Bertz CT molecular complexity index is 436. The number of urea groups is 1. The number of nitrogens with one attached hydrogen (secondary N) is 1. The number of hydrogen-bond acceptors (Lipinski definition) is 3. The number of benzene rings is 1. The number of hydrogen-bond donors (Lipinski definition) is 3. The van der Waals surface area contributed by atoms with Crippen LogP contribution in [0.4, 0.5) is 16.2 Å². The summed E-state index contributed by atoms with van der Waals surface area (Å²) in [6.45, 7) is 0.712. The normalized spacial score (nSPS) is 19.8. The van der Waals surface area contributed by atoms with Crippen LogP contribution in [0.15, 0.2) is 24.3 Å². The average Bonchev–Trinajstić information content (AvgIpc) is 2.63. The van der Waals surface area contributed by atoms with Crippen molar-refractivity contribution in [2.45, 2.75) is 31.7 Å². The molecule has 0 radical (unpaired) electrons. The molecule has 1 unspecified atom stereocenters. The van der Waals surface area contributed by atoms with Gasteiger partial charge < -0.3 is 21.1 Å². The van der Waals surface area contributed by atoms with Crippen molar-refractivity contribution in [1.82, 2.24) is 4.90 Å². The van der Waals surface area contributed by atoms with Crippen LogP contribution in [-0.2, 0) is 0 Å². The lowest BCUT2D eigenvalue weighted by molar-refractivity contribution is 0.142. The van der Waals surface area contributed by atoms with Gasteiger partial charge in [-0.05, 0) is 31.0 Å². The SMILES string of the molecule is Nc1cccc(NC(=O)N2CCCCCC2CO)c1. The van der Waals surface area contributed by atoms with Gasteiger partial charge in [-0.2, -0.15) is 0 Å². The van der Waals surface area contributed by atoms with E-state index in [1.54, 1.807) is 29.2 Å². The standard InChI is InChI=1S/C14H21N3O2/c15-11-5-4-6-12(9-11)16-14(19)17-8-3-1-2-7-13(17)10-18/h4-6,9,13,18H,1-3,7-8,10,15H2,(H,16,19). The highest BCUT2D eigenvalue weighted by Crippen LogP contribution is 2.19. The predicted molar refractivity (Wildman–Crippen MR) is 75.9 cm³/mol. The maximum absolute atomic E-state index is 12.3. The number of carbonyl (C=O) groups excluding carboxylic acids is 1. The highest BCUT2D eigenvalue weighted by atomic mass is 16.3. The van der Waals surface area contributed by atoms with Crippen molar-refractivity contribution in [3.63, 3.8) is 0 Å². The van der Waals surface area contributed by atoms with Crippen molar-refractivity contribution in [1.29, 1.82) is 0 Å². The molecule has 1 fully saturated rings. The number of nitrogen functional groups attached to an aromatic ring is 1. The van der Waals surface area contributed by atoms with Crippen LogP contribution in [0.3, 0.4) is 0 Å². The van der Waals surface area contributed by atoms with E-state index < -0.39 is 0 Å². The summed E-state index contributed by atoms with van der Waals surface area (Å²) in [7, 11) is 0. The minimum Gasteiger partial charge on any atom is -0.399 e. The van der Waals surface area contributed by atoms with Crippen LogP contribution in [0.1, 0.15) is 25.7 Å². The van der Waals surface area contributed by atoms with Crippen LogP contribution in [0.2, 0.25) is 0 Å². The van der Waals surface area contributed by atoms with Crippen molar-refractivity contribution < 1.29 is 9.90 Å². The van der Waals surface area contributed by atoms with E-state index in [2.05, 4.69) is 5.32 Å². The van der Waals surface area contributed by atoms with Gasteiger partial charge in [0.2, 0.25) is 0 Å². The minimum atomic E-state index is -0.161. The first kappa shape index (κ1) is 13.7. The second kappa shape index (κ2) is 6.43. The van der Waals surface area contributed by atoms with Crippen molar-refractivity contribution in [2.24, 2.45) is 0 Å². The van der Waals surface area contributed by atoms with Crippen molar-refractivity contribution in [3.8, 4) is 0 Å². The first-order valence-corrected chi connectivity index (χ1v) is 6.74. The maximum atomic E-state index is 12.3. The Hall–Kier alpha value is -1.75. The number of carbonyl (C=O) groups is 1. The number of nitrogens with two attached hydrogens (primary N) is 1. The van der Waals surface area contributed by atoms with E-state index in [9.17, 15) is 9.90 Å². The number of aliphatic hydroxyl groups excluding tert-OH is 1. The smallest absolute Gasteiger partial charge is 0.322 e. The Morgan fingerprint density at radius 2 is 2.26 bits per heavy atom. The van der Waals surface area contributed by atoms with Crippen LogP contribution in [0.5, 0.6) is 0 Å². The first-order chi connectivity index (χ1) is 9.20.